The molecule has 0 radical (unpaired) electrons. The van der Waals surface area contributed by atoms with Crippen molar-refractivity contribution in [3.8, 4) is 11.5 Å². The molecule has 2 aromatic heterocycles. The number of anilines is 1. The lowest BCUT2D eigenvalue weighted by atomic mass is 9.93. The van der Waals surface area contributed by atoms with Gasteiger partial charge in [0.05, 0.1) is 23.5 Å². The van der Waals surface area contributed by atoms with Crippen LogP contribution in [0.25, 0.3) is 6.08 Å². The Kier molecular flexibility index (Phi) is 6.03. The van der Waals surface area contributed by atoms with Crippen LogP contribution in [0.3, 0.4) is 0 Å². The molecule has 1 aliphatic heterocycles. The smallest absolute Gasteiger partial charge is 0.172 e. The molecule has 1 saturated heterocycles. The Labute approximate surface area is 191 Å². The summed E-state index contributed by atoms with van der Waals surface area (Å²) in [6, 6.07) is 9.60. The lowest BCUT2D eigenvalue weighted by Crippen LogP contribution is -2.43. The summed E-state index contributed by atoms with van der Waals surface area (Å²) < 4.78 is 12.4. The summed E-state index contributed by atoms with van der Waals surface area (Å²) in [6.07, 6.45) is 13.7. The van der Waals surface area contributed by atoms with Gasteiger partial charge in [-0.3, -0.25) is 4.98 Å². The lowest BCUT2D eigenvalue weighted by molar-refractivity contribution is -0.0362. The maximum atomic E-state index is 6.56. The highest BCUT2D eigenvalue weighted by atomic mass is 35.5. The maximum Gasteiger partial charge on any atom is 0.172 e. The standard InChI is InChI=1S/C24H24ClN5O2/c25-21-12-17(7-8-23(21)32-19-5-3-10-26-13-19)30-24(31-15-18-4-2-11-28-18)9-1-6-22-20(24)14-27-16-29-22/h1,3,5-8,10,12-14,16,18,28,30H,2,4,9,11,15H2/t18-,24?/m1/s1. The molecule has 1 aliphatic carbocycles. The van der Waals surface area contributed by atoms with Gasteiger partial charge in [0.25, 0.3) is 0 Å². The third-order valence-corrected chi connectivity index (χ3v) is 5.99. The molecule has 7 nitrogen and oxygen atoms in total. The Balaban J connectivity index is 1.41. The zero-order chi connectivity index (χ0) is 21.8. The van der Waals surface area contributed by atoms with E-state index in [1.807, 2.05) is 42.6 Å². The van der Waals surface area contributed by atoms with Crippen molar-refractivity contribution in [1.82, 2.24) is 20.3 Å². The molecule has 0 spiro atoms. The van der Waals surface area contributed by atoms with Crippen LogP contribution in [0.5, 0.6) is 11.5 Å². The summed E-state index contributed by atoms with van der Waals surface area (Å²) >= 11 is 6.55. The normalized spacial score (nSPS) is 21.8. The monoisotopic (exact) mass is 449 g/mol. The van der Waals surface area contributed by atoms with Crippen molar-refractivity contribution in [2.45, 2.75) is 31.0 Å². The fourth-order valence-electron chi connectivity index (χ4n) is 4.09. The Morgan fingerprint density at radius 2 is 2.19 bits per heavy atom. The molecule has 8 heteroatoms. The van der Waals surface area contributed by atoms with Crippen LogP contribution < -0.4 is 15.4 Å². The topological polar surface area (TPSA) is 81.2 Å². The quantitative estimate of drug-likeness (QED) is 0.503. The van der Waals surface area contributed by atoms with Crippen LogP contribution in [-0.2, 0) is 10.5 Å². The number of halogens is 1. The van der Waals surface area contributed by atoms with Gasteiger partial charge in [-0.05, 0) is 55.8 Å². The summed E-state index contributed by atoms with van der Waals surface area (Å²) in [5.41, 5.74) is 1.79. The molecule has 2 N–H and O–H groups in total. The number of fused-ring (bicyclic) bond motifs is 1. The molecule has 0 saturated carbocycles. The number of pyridine rings is 1. The van der Waals surface area contributed by atoms with Crippen molar-refractivity contribution < 1.29 is 9.47 Å². The van der Waals surface area contributed by atoms with Gasteiger partial charge in [0.15, 0.2) is 5.72 Å². The summed E-state index contributed by atoms with van der Waals surface area (Å²) in [4.78, 5) is 12.8. The van der Waals surface area contributed by atoms with Gasteiger partial charge < -0.3 is 20.1 Å². The molecule has 1 fully saturated rings. The average Bonchev–Trinajstić information content (AvgIpc) is 3.35. The first-order chi connectivity index (χ1) is 15.7. The van der Waals surface area contributed by atoms with Gasteiger partial charge in [0.2, 0.25) is 0 Å². The van der Waals surface area contributed by atoms with E-state index in [1.54, 1.807) is 18.7 Å². The summed E-state index contributed by atoms with van der Waals surface area (Å²) in [5.74, 6) is 1.19. The molecule has 3 heterocycles. The second-order valence-electron chi connectivity index (χ2n) is 7.92. The third kappa shape index (κ3) is 4.46. The van der Waals surface area contributed by atoms with Crippen molar-refractivity contribution >= 4 is 23.4 Å². The van der Waals surface area contributed by atoms with Crippen LogP contribution in [0.4, 0.5) is 5.69 Å². The van der Waals surface area contributed by atoms with E-state index in [4.69, 9.17) is 21.1 Å². The highest BCUT2D eigenvalue weighted by Gasteiger charge is 2.38. The number of hydrogen-bond acceptors (Lipinski definition) is 7. The molecule has 32 heavy (non-hydrogen) atoms. The predicted octanol–water partition coefficient (Wildman–Crippen LogP) is 4.77. The first-order valence-corrected chi connectivity index (χ1v) is 11.1. The molecule has 1 unspecified atom stereocenters. The van der Waals surface area contributed by atoms with Crippen LogP contribution in [-0.4, -0.2) is 34.1 Å². The van der Waals surface area contributed by atoms with Crippen LogP contribution in [0.1, 0.15) is 30.5 Å². The average molecular weight is 450 g/mol. The van der Waals surface area contributed by atoms with Gasteiger partial charge in [-0.15, -0.1) is 0 Å². The largest absolute Gasteiger partial charge is 0.454 e. The fraction of sp³-hybridized carbons (Fsp3) is 0.292. The van der Waals surface area contributed by atoms with Crippen LogP contribution in [0, 0.1) is 0 Å². The van der Waals surface area contributed by atoms with E-state index in [0.29, 0.717) is 35.6 Å². The van der Waals surface area contributed by atoms with Crippen LogP contribution in [0.15, 0.2) is 61.3 Å². The Morgan fingerprint density at radius 3 is 3.00 bits per heavy atom. The number of benzene rings is 1. The van der Waals surface area contributed by atoms with Crippen LogP contribution >= 0.6 is 11.6 Å². The highest BCUT2D eigenvalue weighted by molar-refractivity contribution is 6.32. The number of aromatic nitrogens is 3. The van der Waals surface area contributed by atoms with Gasteiger partial charge in [0, 0.05) is 36.1 Å². The van der Waals surface area contributed by atoms with Gasteiger partial charge in [0.1, 0.15) is 17.8 Å². The number of rotatable bonds is 7. The Hall–Kier alpha value is -3.00. The van der Waals surface area contributed by atoms with E-state index in [9.17, 15) is 0 Å². The Morgan fingerprint density at radius 1 is 1.22 bits per heavy atom. The molecule has 0 amide bonds. The van der Waals surface area contributed by atoms with E-state index >= 15 is 0 Å². The number of ether oxygens (including phenoxy) is 2. The molecule has 0 bridgehead atoms. The van der Waals surface area contributed by atoms with Crippen molar-refractivity contribution in [1.29, 1.82) is 0 Å². The van der Waals surface area contributed by atoms with E-state index in [-0.39, 0.29) is 0 Å². The van der Waals surface area contributed by atoms with Gasteiger partial charge in [-0.1, -0.05) is 17.7 Å². The zero-order valence-electron chi connectivity index (χ0n) is 17.5. The molecule has 2 atom stereocenters. The number of nitrogens with zero attached hydrogens (tertiary/aromatic N) is 3. The molecule has 164 valence electrons. The lowest BCUT2D eigenvalue weighted by Gasteiger charge is -2.38. The van der Waals surface area contributed by atoms with Gasteiger partial charge >= 0.3 is 0 Å². The summed E-state index contributed by atoms with van der Waals surface area (Å²) in [5, 5.41) is 7.56. The molecular weight excluding hydrogens is 426 g/mol. The molecular formula is C24H24ClN5O2. The van der Waals surface area contributed by atoms with E-state index in [2.05, 4.69) is 31.7 Å². The first-order valence-electron chi connectivity index (χ1n) is 10.7. The van der Waals surface area contributed by atoms with Gasteiger partial charge in [-0.25, -0.2) is 9.97 Å². The van der Waals surface area contributed by atoms with Crippen molar-refractivity contribution in [3.05, 3.63) is 77.6 Å². The second kappa shape index (κ2) is 9.24. The summed E-state index contributed by atoms with van der Waals surface area (Å²) in [6.45, 7) is 1.62. The fourth-order valence-corrected chi connectivity index (χ4v) is 4.31. The predicted molar refractivity (Wildman–Crippen MR) is 124 cm³/mol. The SMILES string of the molecule is Clc1cc(NC2(OC[C@H]3CCCN3)CC=Cc3ncncc32)ccc1Oc1cccnc1. The van der Waals surface area contributed by atoms with E-state index < -0.39 is 5.72 Å². The molecule has 5 rings (SSSR count). The van der Waals surface area contributed by atoms with Crippen LogP contribution in [0.2, 0.25) is 5.02 Å². The maximum absolute atomic E-state index is 6.56. The minimum absolute atomic E-state index is 0.339. The minimum atomic E-state index is -0.787. The molecule has 1 aromatic carbocycles. The third-order valence-electron chi connectivity index (χ3n) is 5.69. The van der Waals surface area contributed by atoms with Crippen molar-refractivity contribution in [3.63, 3.8) is 0 Å². The zero-order valence-corrected chi connectivity index (χ0v) is 18.3. The molecule has 2 aliphatic rings. The van der Waals surface area contributed by atoms with E-state index in [1.165, 1.54) is 6.42 Å². The minimum Gasteiger partial charge on any atom is -0.454 e. The number of nitrogens with one attached hydrogen (secondary N) is 2. The highest BCUT2D eigenvalue weighted by Crippen LogP contribution is 2.39. The van der Waals surface area contributed by atoms with E-state index in [0.717, 1.165) is 29.9 Å². The Bertz CT molecular complexity index is 1100. The number of hydrogen-bond donors (Lipinski definition) is 2. The first kappa shape index (κ1) is 20.9. The second-order valence-corrected chi connectivity index (χ2v) is 8.33. The van der Waals surface area contributed by atoms with Crippen molar-refractivity contribution in [2.75, 3.05) is 18.5 Å². The van der Waals surface area contributed by atoms with Crippen molar-refractivity contribution in [2.24, 2.45) is 0 Å². The van der Waals surface area contributed by atoms with Gasteiger partial charge in [-0.2, -0.15) is 0 Å². The summed E-state index contributed by atoms with van der Waals surface area (Å²) in [7, 11) is 0. The molecule has 3 aromatic rings.